The zero-order valence-corrected chi connectivity index (χ0v) is 23.6. The van der Waals surface area contributed by atoms with Gasteiger partial charge >= 0.3 is 12.0 Å². The maximum absolute atomic E-state index is 13.1. The summed E-state index contributed by atoms with van der Waals surface area (Å²) in [4.78, 5) is 42.1. The number of unbranched alkanes of at least 4 members (excludes halogenated alkanes) is 1. The van der Waals surface area contributed by atoms with Crippen LogP contribution in [0.5, 0.6) is 0 Å². The predicted molar refractivity (Wildman–Crippen MR) is 145 cm³/mol. The summed E-state index contributed by atoms with van der Waals surface area (Å²) in [7, 11) is -3.43. The average molecular weight is 569 g/mol. The van der Waals surface area contributed by atoms with Crippen LogP contribution in [0.2, 0.25) is 0 Å². The maximum atomic E-state index is 13.1. The Labute approximate surface area is 231 Å². The van der Waals surface area contributed by atoms with E-state index in [-0.39, 0.29) is 43.8 Å². The molecule has 0 aromatic heterocycles. The number of nitrogens with two attached hydrogens (primary N) is 1. The number of carbonyl (C=O) groups excluding carboxylic acids is 2. The molecule has 1 aliphatic carbocycles. The zero-order chi connectivity index (χ0) is 28.2. The van der Waals surface area contributed by atoms with Crippen LogP contribution >= 0.6 is 0 Å². The molecule has 3 atom stereocenters. The normalized spacial score (nSPS) is 27.3. The number of guanidine groups is 1. The second-order valence-corrected chi connectivity index (χ2v) is 13.7. The molecule has 0 radical (unpaired) electrons. The van der Waals surface area contributed by atoms with Gasteiger partial charge in [-0.15, -0.1) is 0 Å². The second kappa shape index (κ2) is 12.8. The molecule has 4 aliphatic rings. The molecule has 13 heteroatoms. The number of aliphatic carboxylic acids is 1. The van der Waals surface area contributed by atoms with Gasteiger partial charge in [0, 0.05) is 39.3 Å². The van der Waals surface area contributed by atoms with Crippen LogP contribution < -0.4 is 5.73 Å². The minimum absolute atomic E-state index is 0.0205. The number of rotatable bonds is 9. The fourth-order valence-electron chi connectivity index (χ4n) is 6.74. The van der Waals surface area contributed by atoms with E-state index < -0.39 is 39.9 Å². The van der Waals surface area contributed by atoms with E-state index in [0.29, 0.717) is 25.9 Å². The van der Waals surface area contributed by atoms with Crippen LogP contribution in [-0.2, 0) is 19.6 Å². The number of sulfonamides is 1. The average Bonchev–Trinajstić information content (AvgIpc) is 2.93. The van der Waals surface area contributed by atoms with Crippen molar-refractivity contribution in [3.63, 3.8) is 0 Å². The van der Waals surface area contributed by atoms with Gasteiger partial charge < -0.3 is 20.6 Å². The number of urea groups is 1. The molecule has 4 rings (SSSR count). The van der Waals surface area contributed by atoms with Crippen LogP contribution in [0, 0.1) is 23.2 Å². The van der Waals surface area contributed by atoms with E-state index >= 15 is 0 Å². The monoisotopic (exact) mass is 568 g/mol. The lowest BCUT2D eigenvalue weighted by Crippen LogP contribution is -2.70. The van der Waals surface area contributed by atoms with Crippen molar-refractivity contribution in [3.05, 3.63) is 0 Å². The first-order valence-electron chi connectivity index (χ1n) is 14.5. The molecule has 3 aliphatic heterocycles. The number of piperazine rings is 1. The number of β-lactam (4-membered cyclic amide) rings is 1. The Morgan fingerprint density at radius 2 is 1.59 bits per heavy atom. The molecular weight excluding hydrogens is 524 g/mol. The fraction of sp³-hybridized carbons (Fsp3) is 0.846. The van der Waals surface area contributed by atoms with Crippen LogP contribution in [0.25, 0.3) is 0 Å². The number of nitrogens with one attached hydrogen (secondary N) is 1. The number of likely N-dealkylation sites (tertiary alicyclic amines) is 2. The van der Waals surface area contributed by atoms with Crippen LogP contribution in [0.1, 0.15) is 70.6 Å². The van der Waals surface area contributed by atoms with Crippen LogP contribution in [0.15, 0.2) is 0 Å². The molecule has 0 bridgehead atoms. The van der Waals surface area contributed by atoms with Gasteiger partial charge in [0.25, 0.3) is 0 Å². The number of carbonyl (C=O) groups is 3. The maximum Gasteiger partial charge on any atom is 0.327 e. The number of imide groups is 1. The predicted octanol–water partition coefficient (Wildman–Crippen LogP) is 1.71. The van der Waals surface area contributed by atoms with E-state index in [1.54, 1.807) is 4.90 Å². The van der Waals surface area contributed by atoms with Gasteiger partial charge in [0.05, 0.1) is 11.7 Å². The van der Waals surface area contributed by atoms with Crippen LogP contribution in [-0.4, -0.2) is 107 Å². The van der Waals surface area contributed by atoms with Crippen molar-refractivity contribution < 1.29 is 27.9 Å². The minimum Gasteiger partial charge on any atom is -0.480 e. The van der Waals surface area contributed by atoms with E-state index in [4.69, 9.17) is 11.1 Å². The lowest BCUT2D eigenvalue weighted by atomic mass is 9.78. The number of hydrogen-bond donors (Lipinski definition) is 3. The standard InChI is InChI=1S/C26H44N6O6S/c27-25(28)30-11-6-10-20(18-30)17-21-22(24(34)35)32(23(21)33)26(36)29-12-14-31(15-13-29)39(37,38)16-5-4-9-19-7-2-1-3-8-19/h19-22H,1-18H2,(H3,27,28)(H,34,35)/t20?,21-,22?/m1/s1. The molecule has 0 spiro atoms. The van der Waals surface area contributed by atoms with E-state index in [1.165, 1.54) is 41.3 Å². The Kier molecular flexibility index (Phi) is 9.73. The molecule has 4 N–H and O–H groups in total. The number of piperidine rings is 1. The number of amides is 3. The highest BCUT2D eigenvalue weighted by Gasteiger charge is 2.56. The fourth-order valence-corrected chi connectivity index (χ4v) is 8.29. The van der Waals surface area contributed by atoms with Crippen molar-refractivity contribution in [2.75, 3.05) is 45.0 Å². The summed E-state index contributed by atoms with van der Waals surface area (Å²) >= 11 is 0. The molecule has 3 saturated heterocycles. The van der Waals surface area contributed by atoms with Crippen molar-refractivity contribution in [2.24, 2.45) is 23.5 Å². The lowest BCUT2D eigenvalue weighted by Gasteiger charge is -2.47. The van der Waals surface area contributed by atoms with E-state index in [2.05, 4.69) is 0 Å². The summed E-state index contributed by atoms with van der Waals surface area (Å²) in [5, 5.41) is 17.5. The van der Waals surface area contributed by atoms with E-state index in [1.807, 2.05) is 0 Å². The summed E-state index contributed by atoms with van der Waals surface area (Å²) in [6.07, 6.45) is 11.0. The summed E-state index contributed by atoms with van der Waals surface area (Å²) in [6, 6.07) is -1.90. The molecule has 220 valence electrons. The molecular formula is C26H44N6O6S. The van der Waals surface area contributed by atoms with Crippen molar-refractivity contribution in [1.29, 1.82) is 5.41 Å². The van der Waals surface area contributed by atoms with E-state index in [9.17, 15) is 27.9 Å². The molecule has 0 aromatic rings. The number of carboxylic acids is 1. The van der Waals surface area contributed by atoms with Crippen molar-refractivity contribution in [1.82, 2.24) is 19.0 Å². The first-order chi connectivity index (χ1) is 18.6. The largest absolute Gasteiger partial charge is 0.480 e. The van der Waals surface area contributed by atoms with Crippen molar-refractivity contribution in [3.8, 4) is 0 Å². The van der Waals surface area contributed by atoms with Gasteiger partial charge in [-0.25, -0.2) is 22.9 Å². The molecule has 2 unspecified atom stereocenters. The third kappa shape index (κ3) is 7.03. The summed E-state index contributed by atoms with van der Waals surface area (Å²) in [6.45, 7) is 1.69. The van der Waals surface area contributed by atoms with Gasteiger partial charge in [0.1, 0.15) is 0 Å². The molecule has 12 nitrogen and oxygen atoms in total. The summed E-state index contributed by atoms with van der Waals surface area (Å²) in [5.74, 6) is -1.70. The van der Waals surface area contributed by atoms with Gasteiger partial charge in [-0.2, -0.15) is 4.31 Å². The molecule has 3 heterocycles. The molecule has 4 fully saturated rings. The Morgan fingerprint density at radius 1 is 0.923 bits per heavy atom. The first kappa shape index (κ1) is 29.6. The summed E-state index contributed by atoms with van der Waals surface area (Å²) < 4.78 is 27.1. The van der Waals surface area contributed by atoms with Gasteiger partial charge in [-0.3, -0.25) is 10.2 Å². The Hall–Kier alpha value is -2.41. The Morgan fingerprint density at radius 3 is 2.23 bits per heavy atom. The van der Waals surface area contributed by atoms with Gasteiger partial charge in [-0.05, 0) is 37.5 Å². The smallest absolute Gasteiger partial charge is 0.327 e. The summed E-state index contributed by atoms with van der Waals surface area (Å²) in [5.41, 5.74) is 5.60. The highest BCUT2D eigenvalue weighted by molar-refractivity contribution is 7.89. The quantitative estimate of drug-likeness (QED) is 0.163. The van der Waals surface area contributed by atoms with Crippen LogP contribution in [0.4, 0.5) is 4.79 Å². The molecule has 39 heavy (non-hydrogen) atoms. The Bertz CT molecular complexity index is 1020. The van der Waals surface area contributed by atoms with Gasteiger partial charge in [-0.1, -0.05) is 44.9 Å². The van der Waals surface area contributed by atoms with Crippen molar-refractivity contribution >= 4 is 33.9 Å². The molecule has 1 saturated carbocycles. The molecule has 3 amide bonds. The zero-order valence-electron chi connectivity index (χ0n) is 22.8. The SMILES string of the molecule is N=C(N)N1CCCC(C[C@H]2C(=O)N(C(=O)N3CCN(S(=O)(=O)CCCCC4CCCCC4)CC3)C2C(=O)O)C1. The van der Waals surface area contributed by atoms with Gasteiger partial charge in [0.2, 0.25) is 15.9 Å². The van der Waals surface area contributed by atoms with Crippen molar-refractivity contribution in [2.45, 2.75) is 76.7 Å². The van der Waals surface area contributed by atoms with Crippen LogP contribution in [0.3, 0.4) is 0 Å². The van der Waals surface area contributed by atoms with E-state index in [0.717, 1.165) is 36.5 Å². The molecule has 0 aromatic carbocycles. The Balaban J connectivity index is 1.24. The first-order valence-corrected chi connectivity index (χ1v) is 16.1. The topological polar surface area (TPSA) is 168 Å². The minimum atomic E-state index is -3.43. The highest BCUT2D eigenvalue weighted by Crippen LogP contribution is 2.36. The number of carboxylic acid groups (broad SMARTS) is 1. The lowest BCUT2D eigenvalue weighted by molar-refractivity contribution is -0.167. The third-order valence-electron chi connectivity index (χ3n) is 9.01. The number of nitrogens with zero attached hydrogens (tertiary/aromatic N) is 4. The third-order valence-corrected chi connectivity index (χ3v) is 11.0. The second-order valence-electron chi connectivity index (χ2n) is 11.7. The highest BCUT2D eigenvalue weighted by atomic mass is 32.2. The number of hydrogen-bond acceptors (Lipinski definition) is 6. The van der Waals surface area contributed by atoms with Gasteiger partial charge in [0.15, 0.2) is 12.0 Å².